The second-order valence-electron chi connectivity index (χ2n) is 7.55. The van der Waals surface area contributed by atoms with Crippen LogP contribution in [0, 0.1) is 13.8 Å². The molecule has 0 atom stereocenters. The van der Waals surface area contributed by atoms with E-state index >= 15 is 0 Å². The lowest BCUT2D eigenvalue weighted by atomic mass is 10.1. The molecule has 2 N–H and O–H groups in total. The fourth-order valence-corrected chi connectivity index (χ4v) is 4.35. The van der Waals surface area contributed by atoms with Crippen LogP contribution in [0.4, 0.5) is 5.69 Å². The van der Waals surface area contributed by atoms with Crippen molar-refractivity contribution in [3.63, 3.8) is 0 Å². The van der Waals surface area contributed by atoms with Gasteiger partial charge in [0, 0.05) is 16.8 Å². The summed E-state index contributed by atoms with van der Waals surface area (Å²) in [6.45, 7) is 9.12. The Bertz CT molecular complexity index is 940. The number of hydrogen-bond acceptors (Lipinski definition) is 4. The Kier molecular flexibility index (Phi) is 5.97. The van der Waals surface area contributed by atoms with Gasteiger partial charge in [-0.15, -0.1) is 0 Å². The topological polar surface area (TPSA) is 84.5 Å². The smallest absolute Gasteiger partial charge is 0.255 e. The average Bonchev–Trinajstić information content (AvgIpc) is 2.51. The van der Waals surface area contributed by atoms with Gasteiger partial charge in [0.05, 0.1) is 7.11 Å². The van der Waals surface area contributed by atoms with Crippen molar-refractivity contribution in [3.05, 3.63) is 53.1 Å². The third kappa shape index (κ3) is 5.55. The minimum Gasteiger partial charge on any atom is -0.495 e. The summed E-state index contributed by atoms with van der Waals surface area (Å²) >= 11 is 0. The maximum Gasteiger partial charge on any atom is 0.255 e. The van der Waals surface area contributed by atoms with Crippen LogP contribution >= 0.6 is 0 Å². The third-order valence-corrected chi connectivity index (χ3v) is 5.41. The number of carbonyl (C=O) groups is 1. The van der Waals surface area contributed by atoms with Crippen LogP contribution in [0.25, 0.3) is 0 Å². The van der Waals surface area contributed by atoms with Gasteiger partial charge in [-0.25, -0.2) is 13.1 Å². The molecule has 0 spiro atoms. The van der Waals surface area contributed by atoms with Gasteiger partial charge >= 0.3 is 0 Å². The molecule has 0 heterocycles. The highest BCUT2D eigenvalue weighted by molar-refractivity contribution is 7.89. The predicted molar refractivity (Wildman–Crippen MR) is 107 cm³/mol. The summed E-state index contributed by atoms with van der Waals surface area (Å²) in [5.41, 5.74) is 2.27. The molecule has 0 saturated carbocycles. The van der Waals surface area contributed by atoms with Gasteiger partial charge in [-0.1, -0.05) is 6.07 Å². The summed E-state index contributed by atoms with van der Waals surface area (Å²) in [5, 5.41) is 2.81. The standard InChI is InChI=1S/C20H26N2O4S/c1-13-9-14(2)11-16(10-13)21-19(23)15-7-8-17(26-6)18(12-15)27(24,25)22-20(3,4)5/h7-12,22H,1-6H3,(H,21,23). The normalized spacial score (nSPS) is 11.9. The van der Waals surface area contributed by atoms with E-state index in [1.165, 1.54) is 25.3 Å². The van der Waals surface area contributed by atoms with Crippen molar-refractivity contribution in [2.75, 3.05) is 12.4 Å². The summed E-state index contributed by atoms with van der Waals surface area (Å²) in [7, 11) is -2.47. The van der Waals surface area contributed by atoms with Crippen LogP contribution in [0.1, 0.15) is 42.3 Å². The molecule has 0 aromatic heterocycles. The Morgan fingerprint density at radius 1 is 1.00 bits per heavy atom. The van der Waals surface area contributed by atoms with E-state index in [0.717, 1.165) is 11.1 Å². The average molecular weight is 391 g/mol. The Balaban J connectivity index is 2.40. The fraction of sp³-hybridized carbons (Fsp3) is 0.350. The highest BCUT2D eigenvalue weighted by atomic mass is 32.2. The zero-order valence-corrected chi connectivity index (χ0v) is 17.3. The van der Waals surface area contributed by atoms with Crippen molar-refractivity contribution in [3.8, 4) is 5.75 Å². The quantitative estimate of drug-likeness (QED) is 0.816. The first kappa shape index (κ1) is 20.9. The van der Waals surface area contributed by atoms with Crippen LogP contribution in [0.15, 0.2) is 41.3 Å². The lowest BCUT2D eigenvalue weighted by Crippen LogP contribution is -2.40. The van der Waals surface area contributed by atoms with E-state index in [0.29, 0.717) is 5.69 Å². The number of hydrogen-bond donors (Lipinski definition) is 2. The van der Waals surface area contributed by atoms with Gasteiger partial charge < -0.3 is 10.1 Å². The first-order valence-electron chi connectivity index (χ1n) is 8.53. The van der Waals surface area contributed by atoms with E-state index in [2.05, 4.69) is 10.0 Å². The van der Waals surface area contributed by atoms with Crippen LogP contribution in [-0.2, 0) is 10.0 Å². The molecular formula is C20H26N2O4S. The Hall–Kier alpha value is -2.38. The lowest BCUT2D eigenvalue weighted by molar-refractivity contribution is 0.102. The summed E-state index contributed by atoms with van der Waals surface area (Å²) in [6.07, 6.45) is 0. The van der Waals surface area contributed by atoms with Crippen molar-refractivity contribution >= 4 is 21.6 Å². The molecular weight excluding hydrogens is 364 g/mol. The number of amides is 1. The number of aryl methyl sites for hydroxylation is 2. The van der Waals surface area contributed by atoms with Crippen molar-refractivity contribution < 1.29 is 17.9 Å². The van der Waals surface area contributed by atoms with Crippen LogP contribution < -0.4 is 14.8 Å². The molecule has 2 aromatic carbocycles. The lowest BCUT2D eigenvalue weighted by Gasteiger charge is -2.21. The summed E-state index contributed by atoms with van der Waals surface area (Å²) in [5.74, 6) is -0.218. The SMILES string of the molecule is COc1ccc(C(=O)Nc2cc(C)cc(C)c2)cc1S(=O)(=O)NC(C)(C)C. The maximum atomic E-state index is 12.7. The van der Waals surface area contributed by atoms with E-state index in [-0.39, 0.29) is 16.2 Å². The van der Waals surface area contributed by atoms with E-state index in [9.17, 15) is 13.2 Å². The second kappa shape index (κ2) is 7.70. The monoisotopic (exact) mass is 390 g/mol. The highest BCUT2D eigenvalue weighted by Gasteiger charge is 2.26. The molecule has 0 aliphatic heterocycles. The molecule has 6 nitrogen and oxygen atoms in total. The molecule has 2 aromatic rings. The van der Waals surface area contributed by atoms with Gasteiger partial charge in [0.2, 0.25) is 10.0 Å². The second-order valence-corrected chi connectivity index (χ2v) is 9.20. The Morgan fingerprint density at radius 3 is 2.11 bits per heavy atom. The van der Waals surface area contributed by atoms with Gasteiger partial charge in [0.25, 0.3) is 5.91 Å². The first-order chi connectivity index (χ1) is 12.4. The van der Waals surface area contributed by atoms with E-state index in [4.69, 9.17) is 4.74 Å². The number of benzene rings is 2. The van der Waals surface area contributed by atoms with Gasteiger partial charge in [0.15, 0.2) is 0 Å². The molecule has 146 valence electrons. The largest absolute Gasteiger partial charge is 0.495 e. The van der Waals surface area contributed by atoms with Crippen LogP contribution in [0.5, 0.6) is 5.75 Å². The van der Waals surface area contributed by atoms with Crippen LogP contribution in [-0.4, -0.2) is 27.0 Å². The van der Waals surface area contributed by atoms with Gasteiger partial charge in [-0.05, 0) is 76.1 Å². The number of ether oxygens (including phenoxy) is 1. The van der Waals surface area contributed by atoms with Gasteiger partial charge in [0.1, 0.15) is 10.6 Å². The molecule has 0 aliphatic rings. The van der Waals surface area contributed by atoms with Crippen molar-refractivity contribution in [2.45, 2.75) is 45.1 Å². The summed E-state index contributed by atoms with van der Waals surface area (Å²) in [4.78, 5) is 12.6. The molecule has 1 amide bonds. The number of nitrogens with one attached hydrogen (secondary N) is 2. The molecule has 0 saturated heterocycles. The third-order valence-electron chi connectivity index (χ3n) is 3.64. The molecule has 0 aliphatic carbocycles. The Morgan fingerprint density at radius 2 is 1.59 bits per heavy atom. The zero-order chi connectivity index (χ0) is 20.4. The number of carbonyl (C=O) groups excluding carboxylic acids is 1. The minimum atomic E-state index is -3.86. The van der Waals surface area contributed by atoms with Crippen LogP contribution in [0.2, 0.25) is 0 Å². The Labute approximate surface area is 161 Å². The number of anilines is 1. The molecule has 0 unspecified atom stereocenters. The van der Waals surface area contributed by atoms with Crippen molar-refractivity contribution in [1.82, 2.24) is 4.72 Å². The number of methoxy groups -OCH3 is 1. The fourth-order valence-electron chi connectivity index (χ4n) is 2.74. The summed E-state index contributed by atoms with van der Waals surface area (Å²) < 4.78 is 33.2. The van der Waals surface area contributed by atoms with Crippen LogP contribution in [0.3, 0.4) is 0 Å². The van der Waals surface area contributed by atoms with Crippen molar-refractivity contribution in [1.29, 1.82) is 0 Å². The van der Waals surface area contributed by atoms with E-state index in [1.54, 1.807) is 20.8 Å². The van der Waals surface area contributed by atoms with E-state index < -0.39 is 21.5 Å². The number of rotatable bonds is 5. The number of sulfonamides is 1. The predicted octanol–water partition coefficient (Wildman–Crippen LogP) is 3.64. The van der Waals surface area contributed by atoms with Crippen molar-refractivity contribution in [2.24, 2.45) is 0 Å². The minimum absolute atomic E-state index is 0.0759. The molecule has 0 bridgehead atoms. The molecule has 27 heavy (non-hydrogen) atoms. The van der Waals surface area contributed by atoms with Gasteiger partial charge in [-0.3, -0.25) is 4.79 Å². The van der Waals surface area contributed by atoms with E-state index in [1.807, 2.05) is 32.0 Å². The molecule has 0 radical (unpaired) electrons. The first-order valence-corrected chi connectivity index (χ1v) is 10.0. The van der Waals surface area contributed by atoms with Gasteiger partial charge in [-0.2, -0.15) is 0 Å². The zero-order valence-electron chi connectivity index (χ0n) is 16.5. The molecule has 0 fully saturated rings. The molecule has 2 rings (SSSR count). The highest BCUT2D eigenvalue weighted by Crippen LogP contribution is 2.26. The molecule has 7 heteroatoms. The maximum absolute atomic E-state index is 12.7. The summed E-state index contributed by atoms with van der Waals surface area (Å²) in [6, 6.07) is 10.1.